The van der Waals surface area contributed by atoms with Gasteiger partial charge in [-0.05, 0) is 37.9 Å². The molecular weight excluding hydrogens is 487 g/mol. The highest BCUT2D eigenvalue weighted by Crippen LogP contribution is 2.36. The monoisotopic (exact) mass is 514 g/mol. The van der Waals surface area contributed by atoms with Gasteiger partial charge in [-0.15, -0.1) is 0 Å². The zero-order valence-corrected chi connectivity index (χ0v) is 21.3. The van der Waals surface area contributed by atoms with Crippen molar-refractivity contribution in [1.29, 1.82) is 0 Å². The molecule has 0 fully saturated rings. The first-order valence-corrected chi connectivity index (χ1v) is 11.8. The number of anilines is 1. The Morgan fingerprint density at radius 3 is 2.75 bits per heavy atom. The van der Waals surface area contributed by atoms with E-state index in [4.69, 9.17) is 16.3 Å². The van der Waals surface area contributed by atoms with E-state index in [1.165, 1.54) is 6.07 Å². The number of aromatic nitrogens is 3. The Balaban J connectivity index is 1.73. The van der Waals surface area contributed by atoms with E-state index in [0.29, 0.717) is 48.4 Å². The van der Waals surface area contributed by atoms with Crippen LogP contribution in [0.15, 0.2) is 41.3 Å². The second-order valence-corrected chi connectivity index (χ2v) is 9.06. The maximum absolute atomic E-state index is 15.1. The molecule has 9 nitrogen and oxygen atoms in total. The molecule has 2 N–H and O–H groups in total. The van der Waals surface area contributed by atoms with E-state index in [-0.39, 0.29) is 16.4 Å². The van der Waals surface area contributed by atoms with Crippen LogP contribution in [-0.2, 0) is 18.3 Å². The minimum Gasteiger partial charge on any atom is -0.383 e. The summed E-state index contributed by atoms with van der Waals surface area (Å²) in [5.74, 6) is -0.731. The lowest BCUT2D eigenvalue weighted by Crippen LogP contribution is -2.34. The van der Waals surface area contributed by atoms with Gasteiger partial charge in [0.25, 0.3) is 0 Å². The summed E-state index contributed by atoms with van der Waals surface area (Å²) in [6.07, 6.45) is 1.67. The van der Waals surface area contributed by atoms with Crippen molar-refractivity contribution in [2.75, 3.05) is 46.2 Å². The van der Waals surface area contributed by atoms with E-state index in [1.54, 1.807) is 47.7 Å². The summed E-state index contributed by atoms with van der Waals surface area (Å²) in [4.78, 5) is 31.4. The molecule has 0 bridgehead atoms. The molecule has 2 amide bonds. The molecule has 0 aliphatic rings. The average Bonchev–Trinajstić information content (AvgIpc) is 3.10. The number of carbonyl (C=O) groups excluding carboxylic acids is 1. The SMILES string of the molecule is COCCn1c(=O)n(C)c2cnc3ccc(-c4ccc(NC(=O)NCCN(C)C)c(F)c4Cl)cc3c21. The number of amides is 2. The van der Waals surface area contributed by atoms with Gasteiger partial charge in [0.1, 0.15) is 0 Å². The molecule has 0 saturated heterocycles. The van der Waals surface area contributed by atoms with E-state index < -0.39 is 11.8 Å². The van der Waals surface area contributed by atoms with Crippen LogP contribution in [0.1, 0.15) is 0 Å². The number of likely N-dealkylation sites (N-methyl/N-ethyl adjacent to an activating group) is 1. The molecule has 0 saturated carbocycles. The van der Waals surface area contributed by atoms with E-state index in [2.05, 4.69) is 15.6 Å². The standard InChI is InChI=1S/C25H28ClFN6O3/c1-31(2)10-9-28-24(34)30-19-8-6-16(21(26)22(19)27)15-5-7-18-17(13-15)23-20(14-29-18)32(3)25(35)33(23)11-12-36-4/h5-8,13-14H,9-12H2,1-4H3,(H2,28,30,34). The molecule has 4 aromatic rings. The van der Waals surface area contributed by atoms with Gasteiger partial charge in [0.05, 0.1) is 46.6 Å². The summed E-state index contributed by atoms with van der Waals surface area (Å²) >= 11 is 6.42. The van der Waals surface area contributed by atoms with Crippen molar-refractivity contribution in [1.82, 2.24) is 24.3 Å². The van der Waals surface area contributed by atoms with Gasteiger partial charge in [0, 0.05) is 38.2 Å². The number of carbonyl (C=O) groups is 1. The second kappa shape index (κ2) is 10.7. The molecule has 4 rings (SSSR count). The molecule has 2 aromatic heterocycles. The zero-order chi connectivity index (χ0) is 26.0. The molecule has 0 atom stereocenters. The van der Waals surface area contributed by atoms with Crippen molar-refractivity contribution in [3.05, 3.63) is 57.9 Å². The minimum absolute atomic E-state index is 0.0209. The normalized spacial score (nSPS) is 11.5. The highest BCUT2D eigenvalue weighted by Gasteiger charge is 2.18. The number of fused-ring (bicyclic) bond motifs is 3. The molecule has 0 radical (unpaired) electrons. The van der Waals surface area contributed by atoms with E-state index in [0.717, 1.165) is 10.9 Å². The number of pyridine rings is 1. The fourth-order valence-corrected chi connectivity index (χ4v) is 4.34. The number of rotatable bonds is 8. The number of urea groups is 1. The lowest BCUT2D eigenvalue weighted by molar-refractivity contribution is 0.187. The van der Waals surface area contributed by atoms with Gasteiger partial charge in [-0.3, -0.25) is 14.1 Å². The van der Waals surface area contributed by atoms with Crippen molar-refractivity contribution in [3.8, 4) is 11.1 Å². The van der Waals surface area contributed by atoms with Crippen LogP contribution in [0.4, 0.5) is 14.9 Å². The number of halogens is 2. The highest BCUT2D eigenvalue weighted by atomic mass is 35.5. The average molecular weight is 515 g/mol. The molecule has 0 aliphatic carbocycles. The van der Waals surface area contributed by atoms with E-state index >= 15 is 4.39 Å². The number of aryl methyl sites for hydroxylation is 1. The lowest BCUT2D eigenvalue weighted by atomic mass is 10.0. The van der Waals surface area contributed by atoms with E-state index in [1.807, 2.05) is 25.1 Å². The van der Waals surface area contributed by atoms with Crippen molar-refractivity contribution >= 4 is 45.3 Å². The van der Waals surface area contributed by atoms with Gasteiger partial charge < -0.3 is 20.3 Å². The van der Waals surface area contributed by atoms with Crippen LogP contribution in [0.25, 0.3) is 33.1 Å². The number of nitrogens with zero attached hydrogens (tertiary/aromatic N) is 4. The van der Waals surface area contributed by atoms with Gasteiger partial charge in [0.15, 0.2) is 5.82 Å². The topological polar surface area (TPSA) is 93.4 Å². The summed E-state index contributed by atoms with van der Waals surface area (Å²) in [6, 6.07) is 8.05. The van der Waals surface area contributed by atoms with Crippen LogP contribution in [0.3, 0.4) is 0 Å². The molecule has 0 unspecified atom stereocenters. The highest BCUT2D eigenvalue weighted by molar-refractivity contribution is 6.34. The van der Waals surface area contributed by atoms with Gasteiger partial charge in [0.2, 0.25) is 0 Å². The van der Waals surface area contributed by atoms with Crippen molar-refractivity contribution < 1.29 is 13.9 Å². The van der Waals surface area contributed by atoms with Gasteiger partial charge in [-0.1, -0.05) is 23.7 Å². The van der Waals surface area contributed by atoms with Crippen LogP contribution >= 0.6 is 11.6 Å². The zero-order valence-electron chi connectivity index (χ0n) is 20.6. The number of ether oxygens (including phenoxy) is 1. The molecule has 11 heteroatoms. The Kier molecular flexibility index (Phi) is 7.58. The Bertz CT molecular complexity index is 1500. The van der Waals surface area contributed by atoms with Crippen molar-refractivity contribution in [2.24, 2.45) is 7.05 Å². The number of hydrogen-bond acceptors (Lipinski definition) is 5. The maximum Gasteiger partial charge on any atom is 0.328 e. The van der Waals surface area contributed by atoms with Gasteiger partial charge in [-0.25, -0.2) is 14.0 Å². The third-order valence-corrected chi connectivity index (χ3v) is 6.34. The molecule has 0 spiro atoms. The molecule has 2 aromatic carbocycles. The fourth-order valence-electron chi connectivity index (χ4n) is 4.06. The summed E-state index contributed by atoms with van der Waals surface area (Å²) < 4.78 is 23.5. The molecule has 36 heavy (non-hydrogen) atoms. The van der Waals surface area contributed by atoms with Crippen LogP contribution < -0.4 is 16.3 Å². The molecular formula is C25H28ClFN6O3. The fraction of sp³-hybridized carbons (Fsp3) is 0.320. The second-order valence-electron chi connectivity index (χ2n) is 8.68. The Morgan fingerprint density at radius 1 is 1.25 bits per heavy atom. The Hall–Kier alpha value is -3.47. The number of imidazole rings is 1. The minimum atomic E-state index is -0.731. The number of methoxy groups -OCH3 is 1. The predicted octanol–water partition coefficient (Wildman–Crippen LogP) is 3.68. The maximum atomic E-state index is 15.1. The summed E-state index contributed by atoms with van der Waals surface area (Å²) in [5, 5.41) is 5.79. The number of nitrogens with one attached hydrogen (secondary N) is 2. The molecule has 190 valence electrons. The first-order valence-electron chi connectivity index (χ1n) is 11.4. The Morgan fingerprint density at radius 2 is 2.03 bits per heavy atom. The third kappa shape index (κ3) is 4.92. The third-order valence-electron chi connectivity index (χ3n) is 5.97. The Labute approximate surface area is 212 Å². The lowest BCUT2D eigenvalue weighted by Gasteiger charge is -2.14. The summed E-state index contributed by atoms with van der Waals surface area (Å²) in [5.41, 5.74) is 2.99. The molecule has 2 heterocycles. The van der Waals surface area contributed by atoms with Crippen LogP contribution in [0.2, 0.25) is 5.02 Å². The quantitative estimate of drug-likeness (QED) is 0.374. The first-order chi connectivity index (χ1) is 17.2. The van der Waals surface area contributed by atoms with Crippen LogP contribution in [0, 0.1) is 5.82 Å². The van der Waals surface area contributed by atoms with Gasteiger partial charge in [-0.2, -0.15) is 0 Å². The first kappa shape index (κ1) is 25.6. The summed E-state index contributed by atoms with van der Waals surface area (Å²) in [7, 11) is 7.06. The number of benzene rings is 2. The number of hydrogen-bond donors (Lipinski definition) is 2. The largest absolute Gasteiger partial charge is 0.383 e. The van der Waals surface area contributed by atoms with Crippen molar-refractivity contribution in [2.45, 2.75) is 6.54 Å². The molecule has 0 aliphatic heterocycles. The smallest absolute Gasteiger partial charge is 0.328 e. The summed E-state index contributed by atoms with van der Waals surface area (Å²) in [6.45, 7) is 1.82. The van der Waals surface area contributed by atoms with Crippen molar-refractivity contribution in [3.63, 3.8) is 0 Å². The van der Waals surface area contributed by atoms with Gasteiger partial charge >= 0.3 is 11.7 Å². The van der Waals surface area contributed by atoms with E-state index in [9.17, 15) is 9.59 Å². The predicted molar refractivity (Wildman–Crippen MR) is 140 cm³/mol. The van der Waals surface area contributed by atoms with Crippen LogP contribution in [-0.4, -0.2) is 66.0 Å². The van der Waals surface area contributed by atoms with Crippen LogP contribution in [0.5, 0.6) is 0 Å².